The number of anilines is 1. The molecule has 0 saturated carbocycles. The third-order valence-electron chi connectivity index (χ3n) is 5.35. The predicted octanol–water partition coefficient (Wildman–Crippen LogP) is 4.37. The Hall–Kier alpha value is -4.54. The number of ether oxygens (including phenoxy) is 1. The third kappa shape index (κ3) is 4.47. The van der Waals surface area contributed by atoms with Gasteiger partial charge in [0.1, 0.15) is 18.6 Å². The Balaban J connectivity index is 1.73. The lowest BCUT2D eigenvalue weighted by Gasteiger charge is -2.14. The Labute approximate surface area is 196 Å². The number of nitrogens with one attached hydrogen (secondary N) is 1. The van der Waals surface area contributed by atoms with Gasteiger partial charge in [0.05, 0.1) is 23.7 Å². The fraction of sp³-hybridized carbons (Fsp3) is 0.125. The number of benzene rings is 2. The Morgan fingerprint density at radius 1 is 1.03 bits per heavy atom. The van der Waals surface area contributed by atoms with Crippen LogP contribution < -0.4 is 15.6 Å². The van der Waals surface area contributed by atoms with Gasteiger partial charge in [0, 0.05) is 35.1 Å². The van der Waals surface area contributed by atoms with Gasteiger partial charge in [0.25, 0.3) is 5.56 Å². The van der Waals surface area contributed by atoms with Gasteiger partial charge in [0.2, 0.25) is 5.95 Å². The summed E-state index contributed by atoms with van der Waals surface area (Å²) >= 11 is 0. The van der Waals surface area contributed by atoms with Crippen LogP contribution in [0.15, 0.2) is 72.2 Å². The summed E-state index contributed by atoms with van der Waals surface area (Å²) in [5, 5.41) is 3.38. The number of alkyl halides is 3. The van der Waals surface area contributed by atoms with Crippen molar-refractivity contribution in [2.24, 2.45) is 0 Å². The van der Waals surface area contributed by atoms with Crippen molar-refractivity contribution in [1.82, 2.24) is 24.5 Å². The zero-order valence-corrected chi connectivity index (χ0v) is 18.2. The SMILES string of the molecule is COc1ccc(-c2c(=O)n(-c3ccc4ncncc4c3)cc3cnc(NCC(F)(F)F)nc23)cc1. The first-order valence-electron chi connectivity index (χ1n) is 10.4. The second kappa shape index (κ2) is 8.67. The molecule has 3 heterocycles. The van der Waals surface area contributed by atoms with Gasteiger partial charge in [-0.25, -0.2) is 19.9 Å². The smallest absolute Gasteiger partial charge is 0.405 e. The summed E-state index contributed by atoms with van der Waals surface area (Å²) in [6, 6.07) is 12.1. The van der Waals surface area contributed by atoms with Gasteiger partial charge in [-0.2, -0.15) is 13.2 Å². The summed E-state index contributed by atoms with van der Waals surface area (Å²) in [7, 11) is 1.52. The van der Waals surface area contributed by atoms with Crippen LogP contribution in [0.3, 0.4) is 0 Å². The van der Waals surface area contributed by atoms with E-state index in [9.17, 15) is 18.0 Å². The molecule has 5 rings (SSSR count). The van der Waals surface area contributed by atoms with Crippen molar-refractivity contribution < 1.29 is 17.9 Å². The quantitative estimate of drug-likeness (QED) is 0.401. The van der Waals surface area contributed by atoms with E-state index in [1.807, 2.05) is 0 Å². The maximum absolute atomic E-state index is 13.7. The molecule has 0 aliphatic carbocycles. The number of fused-ring (bicyclic) bond motifs is 2. The molecule has 5 aromatic rings. The topological polar surface area (TPSA) is 94.8 Å². The van der Waals surface area contributed by atoms with E-state index >= 15 is 0 Å². The van der Waals surface area contributed by atoms with E-state index in [0.29, 0.717) is 22.4 Å². The average Bonchev–Trinajstić information content (AvgIpc) is 2.86. The number of hydrogen-bond donors (Lipinski definition) is 1. The predicted molar refractivity (Wildman–Crippen MR) is 125 cm³/mol. The van der Waals surface area contributed by atoms with Gasteiger partial charge in [-0.1, -0.05) is 12.1 Å². The molecule has 0 amide bonds. The van der Waals surface area contributed by atoms with Gasteiger partial charge in [-0.3, -0.25) is 9.36 Å². The summed E-state index contributed by atoms with van der Waals surface area (Å²) in [6.07, 6.45) is 1.58. The maximum atomic E-state index is 13.7. The van der Waals surface area contributed by atoms with Crippen LogP contribution in [0.5, 0.6) is 5.75 Å². The van der Waals surface area contributed by atoms with Crippen molar-refractivity contribution in [2.75, 3.05) is 19.0 Å². The molecule has 0 fully saturated rings. The Bertz CT molecular complexity index is 1600. The van der Waals surface area contributed by atoms with Crippen LogP contribution >= 0.6 is 0 Å². The van der Waals surface area contributed by atoms with Gasteiger partial charge in [-0.15, -0.1) is 0 Å². The first kappa shape index (κ1) is 22.3. The summed E-state index contributed by atoms with van der Waals surface area (Å²) < 4.78 is 44.7. The van der Waals surface area contributed by atoms with Crippen molar-refractivity contribution >= 4 is 27.8 Å². The van der Waals surface area contributed by atoms with E-state index in [0.717, 1.165) is 10.9 Å². The standard InChI is InChI=1S/C24H17F3N6O2/c1-35-18-5-2-14(3-6-18)20-21-16(10-29-23(32-21)30-12-24(25,26)27)11-33(22(20)34)17-4-7-19-15(8-17)9-28-13-31-19/h2-11,13H,12H2,1H3,(H,30,32). The lowest BCUT2D eigenvalue weighted by molar-refractivity contribution is -0.115. The lowest BCUT2D eigenvalue weighted by Crippen LogP contribution is -2.23. The van der Waals surface area contributed by atoms with E-state index < -0.39 is 18.3 Å². The van der Waals surface area contributed by atoms with E-state index in [2.05, 4.69) is 25.3 Å². The number of aromatic nitrogens is 5. The van der Waals surface area contributed by atoms with Gasteiger partial charge in [0.15, 0.2) is 0 Å². The molecule has 1 N–H and O–H groups in total. The zero-order chi connectivity index (χ0) is 24.6. The minimum absolute atomic E-state index is 0.215. The molecule has 0 saturated heterocycles. The molecular formula is C24H17F3N6O2. The summed E-state index contributed by atoms with van der Waals surface area (Å²) in [5.41, 5.74) is 1.84. The highest BCUT2D eigenvalue weighted by molar-refractivity contribution is 5.93. The Kier molecular flexibility index (Phi) is 5.51. The Morgan fingerprint density at radius 3 is 2.57 bits per heavy atom. The zero-order valence-electron chi connectivity index (χ0n) is 18.2. The largest absolute Gasteiger partial charge is 0.497 e. The van der Waals surface area contributed by atoms with Crippen LogP contribution in [0, 0.1) is 0 Å². The summed E-state index contributed by atoms with van der Waals surface area (Å²) in [5.74, 6) is 0.357. The fourth-order valence-electron chi connectivity index (χ4n) is 3.70. The van der Waals surface area contributed by atoms with Gasteiger partial charge >= 0.3 is 6.18 Å². The third-order valence-corrected chi connectivity index (χ3v) is 5.35. The van der Waals surface area contributed by atoms with Crippen molar-refractivity contribution in [2.45, 2.75) is 6.18 Å². The van der Waals surface area contributed by atoms with Crippen molar-refractivity contribution in [3.05, 3.63) is 77.7 Å². The minimum atomic E-state index is -4.44. The molecule has 176 valence electrons. The highest BCUT2D eigenvalue weighted by Gasteiger charge is 2.27. The molecule has 0 aliphatic heterocycles. The summed E-state index contributed by atoms with van der Waals surface area (Å²) in [4.78, 5) is 30.2. The number of rotatable bonds is 5. The number of methoxy groups -OCH3 is 1. The van der Waals surface area contributed by atoms with Crippen LogP contribution in [0.4, 0.5) is 19.1 Å². The first-order chi connectivity index (χ1) is 16.8. The van der Waals surface area contributed by atoms with Crippen molar-refractivity contribution in [3.8, 4) is 22.6 Å². The molecule has 0 unspecified atom stereocenters. The summed E-state index contributed by atoms with van der Waals surface area (Å²) in [6.45, 7) is -1.30. The average molecular weight is 478 g/mol. The van der Waals surface area contributed by atoms with Crippen molar-refractivity contribution in [3.63, 3.8) is 0 Å². The number of halogens is 3. The first-order valence-corrected chi connectivity index (χ1v) is 10.4. The molecular weight excluding hydrogens is 461 g/mol. The van der Waals surface area contributed by atoms with E-state index in [-0.39, 0.29) is 17.0 Å². The maximum Gasteiger partial charge on any atom is 0.405 e. The van der Waals surface area contributed by atoms with E-state index in [1.165, 1.54) is 24.2 Å². The highest BCUT2D eigenvalue weighted by Crippen LogP contribution is 2.28. The molecule has 0 aliphatic rings. The number of hydrogen-bond acceptors (Lipinski definition) is 7. The molecule has 0 atom stereocenters. The van der Waals surface area contributed by atoms with Crippen LogP contribution in [0.25, 0.3) is 38.6 Å². The minimum Gasteiger partial charge on any atom is -0.497 e. The Morgan fingerprint density at radius 2 is 1.83 bits per heavy atom. The van der Waals surface area contributed by atoms with E-state index in [1.54, 1.807) is 54.9 Å². The second-order valence-electron chi connectivity index (χ2n) is 7.64. The second-order valence-corrected chi connectivity index (χ2v) is 7.64. The number of nitrogens with zero attached hydrogens (tertiary/aromatic N) is 5. The molecule has 2 aromatic carbocycles. The molecule has 8 nitrogen and oxygen atoms in total. The normalized spacial score (nSPS) is 11.7. The van der Waals surface area contributed by atoms with Gasteiger partial charge < -0.3 is 10.1 Å². The van der Waals surface area contributed by atoms with Crippen LogP contribution in [0.1, 0.15) is 0 Å². The van der Waals surface area contributed by atoms with Crippen LogP contribution in [0.2, 0.25) is 0 Å². The number of pyridine rings is 1. The van der Waals surface area contributed by atoms with Gasteiger partial charge in [-0.05, 0) is 35.9 Å². The van der Waals surface area contributed by atoms with Crippen molar-refractivity contribution in [1.29, 1.82) is 0 Å². The molecule has 11 heteroatoms. The molecule has 3 aromatic heterocycles. The highest BCUT2D eigenvalue weighted by atomic mass is 19.4. The molecule has 0 radical (unpaired) electrons. The monoisotopic (exact) mass is 478 g/mol. The van der Waals surface area contributed by atoms with E-state index in [4.69, 9.17) is 4.74 Å². The molecule has 0 spiro atoms. The van der Waals surface area contributed by atoms with Crippen LogP contribution in [-0.2, 0) is 0 Å². The van der Waals surface area contributed by atoms with Crippen LogP contribution in [-0.4, -0.2) is 44.3 Å². The molecule has 0 bridgehead atoms. The fourth-order valence-corrected chi connectivity index (χ4v) is 3.70. The lowest BCUT2D eigenvalue weighted by atomic mass is 10.0. The molecule has 35 heavy (non-hydrogen) atoms.